The van der Waals surface area contributed by atoms with Gasteiger partial charge in [0.15, 0.2) is 0 Å². The zero-order valence-corrected chi connectivity index (χ0v) is 15.6. The smallest absolute Gasteiger partial charge is 0.257 e. The molecule has 0 bridgehead atoms. The van der Waals surface area contributed by atoms with Crippen molar-refractivity contribution in [2.24, 2.45) is 0 Å². The van der Waals surface area contributed by atoms with Crippen molar-refractivity contribution in [3.63, 3.8) is 0 Å². The van der Waals surface area contributed by atoms with E-state index in [0.29, 0.717) is 11.3 Å². The summed E-state index contributed by atoms with van der Waals surface area (Å²) in [4.78, 5) is 12.5. The molecule has 5 nitrogen and oxygen atoms in total. The molecule has 0 saturated heterocycles. The number of nitrogens with one attached hydrogen (secondary N) is 1. The Bertz CT molecular complexity index is 1130. The highest BCUT2D eigenvalue weighted by molar-refractivity contribution is 6.08. The lowest BCUT2D eigenvalue weighted by Crippen LogP contribution is -2.13. The van der Waals surface area contributed by atoms with Gasteiger partial charge < -0.3 is 20.4 Å². The molecule has 0 spiro atoms. The summed E-state index contributed by atoms with van der Waals surface area (Å²) in [7, 11) is 1.66. The van der Waals surface area contributed by atoms with E-state index < -0.39 is 0 Å². The van der Waals surface area contributed by atoms with Crippen molar-refractivity contribution in [3.05, 3.63) is 90.1 Å². The van der Waals surface area contributed by atoms with E-state index >= 15 is 0 Å². The second kappa shape index (κ2) is 7.48. The number of para-hydroxylation sites is 1. The van der Waals surface area contributed by atoms with Gasteiger partial charge in [-0.25, -0.2) is 0 Å². The molecule has 4 rings (SSSR count). The number of methoxy groups -OCH3 is 1. The van der Waals surface area contributed by atoms with Crippen molar-refractivity contribution in [1.82, 2.24) is 4.57 Å². The van der Waals surface area contributed by atoms with Crippen LogP contribution in [0.1, 0.15) is 15.9 Å². The third kappa shape index (κ3) is 3.55. The molecular formula is C23H21N3O2. The number of fused-ring (bicyclic) bond motifs is 1. The summed E-state index contributed by atoms with van der Waals surface area (Å²) in [6, 6.07) is 23.0. The minimum Gasteiger partial charge on any atom is -0.497 e. The number of carbonyl (C=O) groups excluding carboxylic acids is 1. The van der Waals surface area contributed by atoms with Crippen LogP contribution in [0.5, 0.6) is 5.75 Å². The van der Waals surface area contributed by atoms with Crippen molar-refractivity contribution in [1.29, 1.82) is 0 Å². The SMILES string of the molecule is COc1ccc(Cn2ccc3ccc(NC(=O)c4ccccc4N)cc32)cc1. The monoisotopic (exact) mass is 371 g/mol. The third-order valence-corrected chi connectivity index (χ3v) is 4.75. The number of hydrogen-bond donors (Lipinski definition) is 2. The van der Waals surface area contributed by atoms with E-state index in [1.807, 2.05) is 36.4 Å². The first-order valence-electron chi connectivity index (χ1n) is 9.02. The Kier molecular flexibility index (Phi) is 4.72. The summed E-state index contributed by atoms with van der Waals surface area (Å²) in [5.41, 5.74) is 9.79. The van der Waals surface area contributed by atoms with Gasteiger partial charge in [-0.05, 0) is 53.4 Å². The van der Waals surface area contributed by atoms with E-state index in [0.717, 1.165) is 28.9 Å². The fourth-order valence-electron chi connectivity index (χ4n) is 3.23. The number of benzene rings is 3. The standard InChI is InChI=1S/C23H21N3O2/c1-28-19-10-6-16(7-11-19)15-26-13-12-17-8-9-18(14-22(17)26)25-23(27)20-4-2-3-5-21(20)24/h2-14H,15,24H2,1H3,(H,25,27). The van der Waals surface area contributed by atoms with Crippen LogP contribution in [0.4, 0.5) is 11.4 Å². The van der Waals surface area contributed by atoms with Gasteiger partial charge >= 0.3 is 0 Å². The Hall–Kier alpha value is -3.73. The highest BCUT2D eigenvalue weighted by atomic mass is 16.5. The average Bonchev–Trinajstić information content (AvgIpc) is 3.11. The quantitative estimate of drug-likeness (QED) is 0.506. The Morgan fingerprint density at radius 1 is 1.04 bits per heavy atom. The number of nitrogens with two attached hydrogens (primary N) is 1. The summed E-state index contributed by atoms with van der Waals surface area (Å²) < 4.78 is 7.37. The lowest BCUT2D eigenvalue weighted by molar-refractivity contribution is 0.102. The normalized spacial score (nSPS) is 10.8. The van der Waals surface area contributed by atoms with E-state index in [-0.39, 0.29) is 5.91 Å². The molecular weight excluding hydrogens is 350 g/mol. The molecule has 0 aliphatic heterocycles. The molecule has 0 fully saturated rings. The first kappa shape index (κ1) is 17.7. The average molecular weight is 371 g/mol. The van der Waals surface area contributed by atoms with Crippen molar-refractivity contribution in [2.45, 2.75) is 6.54 Å². The molecule has 0 atom stereocenters. The minimum absolute atomic E-state index is 0.217. The number of carbonyl (C=O) groups is 1. The molecule has 0 radical (unpaired) electrons. The number of nitrogen functional groups attached to an aromatic ring is 1. The van der Waals surface area contributed by atoms with Gasteiger partial charge in [0.2, 0.25) is 0 Å². The molecule has 1 heterocycles. The van der Waals surface area contributed by atoms with Crippen molar-refractivity contribution in [2.75, 3.05) is 18.2 Å². The number of amides is 1. The van der Waals surface area contributed by atoms with Crippen molar-refractivity contribution >= 4 is 28.2 Å². The summed E-state index contributed by atoms with van der Waals surface area (Å²) >= 11 is 0. The minimum atomic E-state index is -0.217. The highest BCUT2D eigenvalue weighted by Crippen LogP contribution is 2.23. The van der Waals surface area contributed by atoms with Gasteiger partial charge in [-0.1, -0.05) is 30.3 Å². The zero-order valence-electron chi connectivity index (χ0n) is 15.6. The van der Waals surface area contributed by atoms with Gasteiger partial charge in [0, 0.05) is 24.1 Å². The largest absolute Gasteiger partial charge is 0.497 e. The zero-order chi connectivity index (χ0) is 19.5. The molecule has 1 amide bonds. The second-order valence-electron chi connectivity index (χ2n) is 6.61. The Morgan fingerprint density at radius 2 is 1.82 bits per heavy atom. The van der Waals surface area contributed by atoms with Crippen LogP contribution in [0.3, 0.4) is 0 Å². The fraction of sp³-hybridized carbons (Fsp3) is 0.0870. The number of nitrogens with zero attached hydrogens (tertiary/aromatic N) is 1. The summed E-state index contributed by atoms with van der Waals surface area (Å²) in [6.07, 6.45) is 2.05. The third-order valence-electron chi connectivity index (χ3n) is 4.75. The van der Waals surface area contributed by atoms with Crippen LogP contribution in [-0.2, 0) is 6.54 Å². The van der Waals surface area contributed by atoms with Crippen LogP contribution >= 0.6 is 0 Å². The van der Waals surface area contributed by atoms with Gasteiger partial charge in [0.05, 0.1) is 18.2 Å². The van der Waals surface area contributed by atoms with Crippen LogP contribution in [0.2, 0.25) is 0 Å². The van der Waals surface area contributed by atoms with Crippen molar-refractivity contribution in [3.8, 4) is 5.75 Å². The molecule has 1 aromatic heterocycles. The molecule has 3 N–H and O–H groups in total. The maximum Gasteiger partial charge on any atom is 0.257 e. The van der Waals surface area contributed by atoms with E-state index in [1.165, 1.54) is 5.56 Å². The molecule has 4 aromatic rings. The van der Waals surface area contributed by atoms with Crippen LogP contribution in [0.25, 0.3) is 10.9 Å². The summed E-state index contributed by atoms with van der Waals surface area (Å²) in [5, 5.41) is 4.05. The number of aromatic nitrogens is 1. The number of ether oxygens (including phenoxy) is 1. The number of hydrogen-bond acceptors (Lipinski definition) is 3. The van der Waals surface area contributed by atoms with E-state index in [1.54, 1.807) is 25.3 Å². The molecule has 3 aromatic carbocycles. The van der Waals surface area contributed by atoms with Crippen LogP contribution in [0, 0.1) is 0 Å². The molecule has 0 aliphatic carbocycles. The molecule has 0 saturated carbocycles. The Morgan fingerprint density at radius 3 is 2.57 bits per heavy atom. The predicted molar refractivity (Wildman–Crippen MR) is 113 cm³/mol. The second-order valence-corrected chi connectivity index (χ2v) is 6.61. The van der Waals surface area contributed by atoms with E-state index in [2.05, 4.69) is 34.3 Å². The maximum atomic E-state index is 12.5. The van der Waals surface area contributed by atoms with Gasteiger partial charge in [0.25, 0.3) is 5.91 Å². The van der Waals surface area contributed by atoms with Gasteiger partial charge in [-0.15, -0.1) is 0 Å². The summed E-state index contributed by atoms with van der Waals surface area (Å²) in [6.45, 7) is 0.733. The van der Waals surface area contributed by atoms with Gasteiger partial charge in [-0.2, -0.15) is 0 Å². The number of rotatable bonds is 5. The molecule has 0 aliphatic rings. The van der Waals surface area contributed by atoms with Gasteiger partial charge in [0.1, 0.15) is 5.75 Å². The van der Waals surface area contributed by atoms with Crippen LogP contribution in [-0.4, -0.2) is 17.6 Å². The molecule has 140 valence electrons. The fourth-order valence-corrected chi connectivity index (χ4v) is 3.23. The van der Waals surface area contributed by atoms with Crippen molar-refractivity contribution < 1.29 is 9.53 Å². The predicted octanol–water partition coefficient (Wildman–Crippen LogP) is 4.53. The lowest BCUT2D eigenvalue weighted by Gasteiger charge is -2.10. The molecule has 0 unspecified atom stereocenters. The molecule has 5 heteroatoms. The topological polar surface area (TPSA) is 69.3 Å². The van der Waals surface area contributed by atoms with E-state index in [9.17, 15) is 4.79 Å². The van der Waals surface area contributed by atoms with Crippen LogP contribution in [0.15, 0.2) is 79.0 Å². The molecule has 28 heavy (non-hydrogen) atoms. The number of anilines is 2. The first-order valence-corrected chi connectivity index (χ1v) is 9.02. The van der Waals surface area contributed by atoms with Crippen LogP contribution < -0.4 is 15.8 Å². The Labute approximate surface area is 163 Å². The van der Waals surface area contributed by atoms with Gasteiger partial charge in [-0.3, -0.25) is 4.79 Å². The summed E-state index contributed by atoms with van der Waals surface area (Å²) in [5.74, 6) is 0.622. The highest BCUT2D eigenvalue weighted by Gasteiger charge is 2.10. The maximum absolute atomic E-state index is 12.5. The van der Waals surface area contributed by atoms with E-state index in [4.69, 9.17) is 10.5 Å². The lowest BCUT2D eigenvalue weighted by atomic mass is 10.1. The Balaban J connectivity index is 1.59. The first-order chi connectivity index (χ1) is 13.6.